The van der Waals surface area contributed by atoms with E-state index in [1.807, 2.05) is 55.6 Å². The van der Waals surface area contributed by atoms with E-state index in [1.54, 1.807) is 0 Å². The molecule has 27 heavy (non-hydrogen) atoms. The minimum absolute atomic E-state index is 0.0949. The van der Waals surface area contributed by atoms with Crippen molar-refractivity contribution in [3.8, 4) is 0 Å². The number of hydrogen-bond acceptors (Lipinski definition) is 2. The van der Waals surface area contributed by atoms with Crippen molar-refractivity contribution < 1.29 is 14.5 Å². The maximum Gasteiger partial charge on any atom is 0.279 e. The summed E-state index contributed by atoms with van der Waals surface area (Å²) in [5.74, 6) is 0.260. The standard InChI is InChI=1S/C22H29N3O2/c1-5-17-8-6-7-9-20(17)24-22(27)15-25(4)14-21(26)23-19-12-10-18(11-13-19)16(2)3/h6-13,16H,5,14-15H2,1-4H3,(H,23,26)(H,24,27)/p+1. The van der Waals surface area contributed by atoms with Gasteiger partial charge in [0.2, 0.25) is 0 Å². The van der Waals surface area contributed by atoms with Crippen molar-refractivity contribution in [2.45, 2.75) is 33.1 Å². The second kappa shape index (κ2) is 9.88. The average Bonchev–Trinajstić information content (AvgIpc) is 2.62. The third-order valence-electron chi connectivity index (χ3n) is 4.46. The summed E-state index contributed by atoms with van der Waals surface area (Å²) in [4.78, 5) is 25.3. The topological polar surface area (TPSA) is 62.6 Å². The minimum Gasteiger partial charge on any atom is -0.322 e. The molecule has 0 radical (unpaired) electrons. The molecule has 1 unspecified atom stereocenters. The molecule has 3 N–H and O–H groups in total. The number of para-hydroxylation sites is 1. The average molecular weight is 369 g/mol. The summed E-state index contributed by atoms with van der Waals surface area (Å²) in [6.07, 6.45) is 0.858. The van der Waals surface area contributed by atoms with E-state index in [1.165, 1.54) is 5.56 Å². The lowest BCUT2D eigenvalue weighted by Gasteiger charge is -2.15. The highest BCUT2D eigenvalue weighted by atomic mass is 16.2. The van der Waals surface area contributed by atoms with Crippen LogP contribution in [-0.4, -0.2) is 32.0 Å². The molecule has 2 amide bonds. The van der Waals surface area contributed by atoms with Crippen LogP contribution in [0.3, 0.4) is 0 Å². The summed E-state index contributed by atoms with van der Waals surface area (Å²) in [7, 11) is 1.84. The molecule has 0 aliphatic carbocycles. The van der Waals surface area contributed by atoms with Gasteiger partial charge in [0.05, 0.1) is 7.05 Å². The maximum atomic E-state index is 12.3. The fraction of sp³-hybridized carbons (Fsp3) is 0.364. The summed E-state index contributed by atoms with van der Waals surface area (Å²) >= 11 is 0. The fourth-order valence-electron chi connectivity index (χ4n) is 2.91. The maximum absolute atomic E-state index is 12.3. The third kappa shape index (κ3) is 6.53. The minimum atomic E-state index is -0.105. The van der Waals surface area contributed by atoms with Gasteiger partial charge < -0.3 is 15.5 Å². The van der Waals surface area contributed by atoms with Crippen LogP contribution < -0.4 is 15.5 Å². The quantitative estimate of drug-likeness (QED) is 0.670. The number of rotatable bonds is 8. The predicted molar refractivity (Wildman–Crippen MR) is 110 cm³/mol. The Balaban J connectivity index is 1.82. The molecule has 0 saturated carbocycles. The molecule has 2 aromatic rings. The molecular formula is C22H30N3O2+. The molecule has 0 saturated heterocycles. The van der Waals surface area contributed by atoms with Crippen LogP contribution in [0.1, 0.15) is 37.8 Å². The molecule has 144 valence electrons. The first-order valence-corrected chi connectivity index (χ1v) is 9.48. The highest BCUT2D eigenvalue weighted by Gasteiger charge is 2.15. The highest BCUT2D eigenvalue weighted by Crippen LogP contribution is 2.17. The first-order chi connectivity index (χ1) is 12.9. The lowest BCUT2D eigenvalue weighted by molar-refractivity contribution is -0.862. The van der Waals surface area contributed by atoms with Crippen molar-refractivity contribution in [2.75, 3.05) is 30.8 Å². The van der Waals surface area contributed by atoms with Crippen LogP contribution in [0.2, 0.25) is 0 Å². The van der Waals surface area contributed by atoms with Crippen LogP contribution in [0, 0.1) is 0 Å². The number of aryl methyl sites for hydroxylation is 1. The van der Waals surface area contributed by atoms with E-state index in [-0.39, 0.29) is 24.9 Å². The van der Waals surface area contributed by atoms with Gasteiger partial charge >= 0.3 is 0 Å². The molecule has 0 fully saturated rings. The second-order valence-electron chi connectivity index (χ2n) is 7.19. The van der Waals surface area contributed by atoms with Gasteiger partial charge in [-0.25, -0.2) is 0 Å². The Morgan fingerprint density at radius 3 is 2.11 bits per heavy atom. The number of nitrogens with one attached hydrogen (secondary N) is 3. The molecule has 0 aromatic heterocycles. The summed E-state index contributed by atoms with van der Waals surface area (Å²) in [6.45, 7) is 6.79. The lowest BCUT2D eigenvalue weighted by Crippen LogP contribution is -3.11. The second-order valence-corrected chi connectivity index (χ2v) is 7.19. The first-order valence-electron chi connectivity index (χ1n) is 9.48. The van der Waals surface area contributed by atoms with Crippen LogP contribution in [0.25, 0.3) is 0 Å². The monoisotopic (exact) mass is 368 g/mol. The lowest BCUT2D eigenvalue weighted by atomic mass is 10.0. The molecule has 0 spiro atoms. The van der Waals surface area contributed by atoms with Gasteiger partial charge in [-0.05, 0) is 41.7 Å². The van der Waals surface area contributed by atoms with E-state index >= 15 is 0 Å². The summed E-state index contributed by atoms with van der Waals surface area (Å²) in [5.41, 5.74) is 3.96. The largest absolute Gasteiger partial charge is 0.322 e. The van der Waals surface area contributed by atoms with Gasteiger partial charge in [0.25, 0.3) is 11.8 Å². The Morgan fingerprint density at radius 1 is 0.926 bits per heavy atom. The number of carbonyl (C=O) groups excluding carboxylic acids is 2. The Bertz CT molecular complexity index is 769. The zero-order valence-corrected chi connectivity index (χ0v) is 16.6. The summed E-state index contributed by atoms with van der Waals surface area (Å²) in [5, 5.41) is 5.83. The van der Waals surface area contributed by atoms with E-state index in [9.17, 15) is 9.59 Å². The van der Waals surface area contributed by atoms with Gasteiger partial charge in [-0.2, -0.15) is 0 Å². The van der Waals surface area contributed by atoms with Crippen LogP contribution in [0.5, 0.6) is 0 Å². The predicted octanol–water partition coefficient (Wildman–Crippen LogP) is 2.46. The SMILES string of the molecule is CCc1ccccc1NC(=O)C[NH+](C)CC(=O)Nc1ccc(C(C)C)cc1. The fourth-order valence-corrected chi connectivity index (χ4v) is 2.91. The van der Waals surface area contributed by atoms with Crippen LogP contribution >= 0.6 is 0 Å². The van der Waals surface area contributed by atoms with Gasteiger partial charge in [-0.15, -0.1) is 0 Å². The van der Waals surface area contributed by atoms with Crippen molar-refractivity contribution in [3.05, 3.63) is 59.7 Å². The molecule has 2 rings (SSSR count). The van der Waals surface area contributed by atoms with Crippen molar-refractivity contribution in [1.29, 1.82) is 0 Å². The Hall–Kier alpha value is -2.66. The Kier molecular flexibility index (Phi) is 7.55. The summed E-state index contributed by atoms with van der Waals surface area (Å²) < 4.78 is 0. The van der Waals surface area contributed by atoms with Gasteiger partial charge in [-0.3, -0.25) is 9.59 Å². The summed E-state index contributed by atoms with van der Waals surface area (Å²) in [6, 6.07) is 15.6. The molecule has 2 aromatic carbocycles. The molecule has 0 bridgehead atoms. The van der Waals surface area contributed by atoms with E-state index in [0.717, 1.165) is 28.3 Å². The smallest absolute Gasteiger partial charge is 0.279 e. The number of amides is 2. The van der Waals surface area contributed by atoms with E-state index in [2.05, 4.69) is 31.4 Å². The van der Waals surface area contributed by atoms with E-state index in [0.29, 0.717) is 5.92 Å². The molecule has 0 heterocycles. The van der Waals surface area contributed by atoms with Crippen LogP contribution in [0.15, 0.2) is 48.5 Å². The van der Waals surface area contributed by atoms with Crippen molar-refractivity contribution in [2.24, 2.45) is 0 Å². The Morgan fingerprint density at radius 2 is 1.52 bits per heavy atom. The van der Waals surface area contributed by atoms with Crippen molar-refractivity contribution >= 4 is 23.2 Å². The third-order valence-corrected chi connectivity index (χ3v) is 4.46. The van der Waals surface area contributed by atoms with Crippen LogP contribution in [0.4, 0.5) is 11.4 Å². The number of carbonyl (C=O) groups is 2. The molecule has 1 atom stereocenters. The van der Waals surface area contributed by atoms with Crippen LogP contribution in [-0.2, 0) is 16.0 Å². The molecule has 5 nitrogen and oxygen atoms in total. The zero-order valence-electron chi connectivity index (χ0n) is 16.6. The van der Waals surface area contributed by atoms with Crippen molar-refractivity contribution in [3.63, 3.8) is 0 Å². The van der Waals surface area contributed by atoms with E-state index < -0.39 is 0 Å². The molecule has 5 heteroatoms. The number of quaternary nitrogens is 1. The number of likely N-dealkylation sites (N-methyl/N-ethyl adjacent to an activating group) is 1. The first kappa shape index (κ1) is 20.6. The van der Waals surface area contributed by atoms with E-state index in [4.69, 9.17) is 0 Å². The molecule has 0 aliphatic heterocycles. The Labute approximate surface area is 161 Å². The molecular weight excluding hydrogens is 338 g/mol. The van der Waals surface area contributed by atoms with Gasteiger partial charge in [0.1, 0.15) is 0 Å². The number of benzene rings is 2. The van der Waals surface area contributed by atoms with Crippen molar-refractivity contribution in [1.82, 2.24) is 0 Å². The van der Waals surface area contributed by atoms with Gasteiger partial charge in [0.15, 0.2) is 13.1 Å². The number of hydrogen-bond donors (Lipinski definition) is 3. The molecule has 0 aliphatic rings. The normalized spacial score (nSPS) is 11.9. The van der Waals surface area contributed by atoms with Gasteiger partial charge in [0, 0.05) is 11.4 Å². The van der Waals surface area contributed by atoms with Gasteiger partial charge in [-0.1, -0.05) is 51.1 Å². The highest BCUT2D eigenvalue weighted by molar-refractivity contribution is 5.93. The number of anilines is 2. The zero-order chi connectivity index (χ0) is 19.8.